The van der Waals surface area contributed by atoms with Crippen molar-refractivity contribution in [2.45, 2.75) is 32.9 Å². The van der Waals surface area contributed by atoms with Gasteiger partial charge in [-0.25, -0.2) is 9.99 Å². The van der Waals surface area contributed by atoms with Crippen molar-refractivity contribution in [3.63, 3.8) is 0 Å². The molecular formula is C31H26N4O3. The summed E-state index contributed by atoms with van der Waals surface area (Å²) in [7, 11) is 0. The fourth-order valence-corrected chi connectivity index (χ4v) is 4.81. The zero-order valence-electron chi connectivity index (χ0n) is 21.2. The summed E-state index contributed by atoms with van der Waals surface area (Å²) in [6, 6.07) is 22.7. The summed E-state index contributed by atoms with van der Waals surface area (Å²) < 4.78 is 7.90. The maximum atomic E-state index is 13.9. The number of aromatic nitrogens is 2. The summed E-state index contributed by atoms with van der Waals surface area (Å²) in [6.07, 6.45) is 5.99. The van der Waals surface area contributed by atoms with E-state index in [9.17, 15) is 9.59 Å². The van der Waals surface area contributed by atoms with Crippen LogP contribution in [-0.2, 0) is 6.54 Å². The van der Waals surface area contributed by atoms with Crippen molar-refractivity contribution < 1.29 is 9.21 Å². The van der Waals surface area contributed by atoms with E-state index in [4.69, 9.17) is 9.52 Å². The third-order valence-electron chi connectivity index (χ3n) is 6.81. The number of carbonyl (C=O) groups excluding carboxylic acids is 1. The molecule has 5 aromatic rings. The van der Waals surface area contributed by atoms with Gasteiger partial charge in [0.05, 0.1) is 11.4 Å². The highest BCUT2D eigenvalue weighted by atomic mass is 16.3. The molecule has 1 unspecified atom stereocenters. The molecule has 6 rings (SSSR count). The molecule has 7 nitrogen and oxygen atoms in total. The van der Waals surface area contributed by atoms with Gasteiger partial charge in [0.1, 0.15) is 22.5 Å². The van der Waals surface area contributed by atoms with Crippen molar-refractivity contribution in [3.8, 4) is 0 Å². The Morgan fingerprint density at radius 1 is 1.08 bits per heavy atom. The largest absolute Gasteiger partial charge is 0.455 e. The van der Waals surface area contributed by atoms with Crippen LogP contribution >= 0.6 is 0 Å². The lowest BCUT2D eigenvalue weighted by molar-refractivity contribution is 0.0740. The average molecular weight is 503 g/mol. The van der Waals surface area contributed by atoms with Crippen LogP contribution in [0.15, 0.2) is 99.4 Å². The van der Waals surface area contributed by atoms with Crippen molar-refractivity contribution in [2.75, 3.05) is 0 Å². The van der Waals surface area contributed by atoms with Crippen molar-refractivity contribution in [1.82, 2.24) is 14.6 Å². The Labute approximate surface area is 219 Å². The third-order valence-corrected chi connectivity index (χ3v) is 6.81. The van der Waals surface area contributed by atoms with Crippen LogP contribution < -0.4 is 5.43 Å². The first kappa shape index (κ1) is 23.6. The molecular weight excluding hydrogens is 476 g/mol. The van der Waals surface area contributed by atoms with Crippen LogP contribution in [0.25, 0.3) is 28.1 Å². The van der Waals surface area contributed by atoms with Gasteiger partial charge in [0.25, 0.3) is 5.91 Å². The number of para-hydroxylation sites is 1. The smallest absolute Gasteiger partial charge is 0.280 e. The number of amides is 1. The van der Waals surface area contributed by atoms with Gasteiger partial charge in [-0.3, -0.25) is 9.59 Å². The Morgan fingerprint density at radius 2 is 1.87 bits per heavy atom. The van der Waals surface area contributed by atoms with Gasteiger partial charge in [-0.15, -0.1) is 0 Å². The quantitative estimate of drug-likeness (QED) is 0.304. The molecule has 1 aliphatic heterocycles. The number of hydrazone groups is 1. The number of fused-ring (bicyclic) bond motifs is 2. The third kappa shape index (κ3) is 4.22. The van der Waals surface area contributed by atoms with Crippen LogP contribution in [0.2, 0.25) is 0 Å². The molecule has 1 aliphatic rings. The molecule has 0 saturated carbocycles. The predicted molar refractivity (Wildman–Crippen MR) is 149 cm³/mol. The van der Waals surface area contributed by atoms with Crippen LogP contribution in [0.1, 0.15) is 40.7 Å². The SMILES string of the molecule is CCn1cc(C(=O)N2N=C(c3cc4ccccc4o3)CC2/C=C\c2ccccc2)c(=O)c2ccc(C)nc21. The molecule has 0 fully saturated rings. The van der Waals surface area contributed by atoms with Crippen LogP contribution in [0.5, 0.6) is 0 Å². The predicted octanol–water partition coefficient (Wildman–Crippen LogP) is 5.80. The molecule has 2 aromatic carbocycles. The van der Waals surface area contributed by atoms with E-state index in [1.54, 1.807) is 18.3 Å². The maximum Gasteiger partial charge on any atom is 0.280 e. The first-order valence-electron chi connectivity index (χ1n) is 12.7. The van der Waals surface area contributed by atoms with Gasteiger partial charge in [-0.05, 0) is 43.7 Å². The first-order valence-corrected chi connectivity index (χ1v) is 12.7. The van der Waals surface area contributed by atoms with Crippen LogP contribution in [0.3, 0.4) is 0 Å². The Balaban J connectivity index is 1.44. The highest BCUT2D eigenvalue weighted by molar-refractivity contribution is 6.06. The average Bonchev–Trinajstić information content (AvgIpc) is 3.57. The van der Waals surface area contributed by atoms with E-state index in [0.717, 1.165) is 22.2 Å². The standard InChI is InChI=1S/C31H26N4O3/c1-3-34-19-25(29(36)24-16-13-20(2)32-30(24)34)31(37)35-23(15-14-21-9-5-4-6-10-21)18-26(33-35)28-17-22-11-7-8-12-27(22)38-28/h4-17,19,23H,3,18H2,1-2H3/b15-14-. The van der Waals surface area contributed by atoms with Gasteiger partial charge in [0, 0.05) is 30.2 Å². The molecule has 0 spiro atoms. The Bertz CT molecular complexity index is 1760. The van der Waals surface area contributed by atoms with E-state index in [2.05, 4.69) is 4.98 Å². The lowest BCUT2D eigenvalue weighted by atomic mass is 10.1. The molecule has 7 heteroatoms. The number of rotatable bonds is 5. The summed E-state index contributed by atoms with van der Waals surface area (Å²) in [4.78, 5) is 32.0. The molecule has 188 valence electrons. The summed E-state index contributed by atoms with van der Waals surface area (Å²) in [6.45, 7) is 4.41. The van der Waals surface area contributed by atoms with Gasteiger partial charge in [0.2, 0.25) is 5.43 Å². The van der Waals surface area contributed by atoms with Gasteiger partial charge in [-0.1, -0.05) is 60.7 Å². The van der Waals surface area contributed by atoms with E-state index in [1.807, 2.05) is 91.2 Å². The van der Waals surface area contributed by atoms with Gasteiger partial charge >= 0.3 is 0 Å². The Morgan fingerprint density at radius 3 is 2.66 bits per heavy atom. The zero-order chi connectivity index (χ0) is 26.2. The van der Waals surface area contributed by atoms with E-state index >= 15 is 0 Å². The molecule has 0 saturated heterocycles. The van der Waals surface area contributed by atoms with Crippen molar-refractivity contribution in [2.24, 2.45) is 5.10 Å². The van der Waals surface area contributed by atoms with Crippen molar-refractivity contribution in [1.29, 1.82) is 0 Å². The van der Waals surface area contributed by atoms with E-state index in [0.29, 0.717) is 35.5 Å². The van der Waals surface area contributed by atoms with E-state index < -0.39 is 5.91 Å². The van der Waals surface area contributed by atoms with Crippen LogP contribution in [0, 0.1) is 6.92 Å². The van der Waals surface area contributed by atoms with Gasteiger partial charge < -0.3 is 8.98 Å². The molecule has 0 N–H and O–H groups in total. The zero-order valence-corrected chi connectivity index (χ0v) is 21.2. The van der Waals surface area contributed by atoms with Gasteiger partial charge in [0.15, 0.2) is 5.76 Å². The highest BCUT2D eigenvalue weighted by Crippen LogP contribution is 2.27. The van der Waals surface area contributed by atoms with Crippen molar-refractivity contribution in [3.05, 3.63) is 118 Å². The number of pyridine rings is 2. The summed E-state index contributed by atoms with van der Waals surface area (Å²) in [5.41, 5.74) is 3.53. The molecule has 4 heterocycles. The summed E-state index contributed by atoms with van der Waals surface area (Å²) in [5.74, 6) is 0.164. The fourth-order valence-electron chi connectivity index (χ4n) is 4.81. The fraction of sp³-hybridized carbons (Fsp3) is 0.161. The van der Waals surface area contributed by atoms with E-state index in [-0.39, 0.29) is 17.0 Å². The summed E-state index contributed by atoms with van der Waals surface area (Å²) >= 11 is 0. The lowest BCUT2D eigenvalue weighted by Crippen LogP contribution is -2.35. The normalized spacial score (nSPS) is 15.6. The van der Waals surface area contributed by atoms with Crippen LogP contribution in [-0.4, -0.2) is 32.2 Å². The Hall–Kier alpha value is -4.78. The minimum absolute atomic E-state index is 0.0673. The number of benzene rings is 2. The molecule has 0 bridgehead atoms. The van der Waals surface area contributed by atoms with E-state index in [1.165, 1.54) is 5.01 Å². The number of aryl methyl sites for hydroxylation is 2. The minimum Gasteiger partial charge on any atom is -0.455 e. The minimum atomic E-state index is -0.450. The molecule has 1 atom stereocenters. The lowest BCUT2D eigenvalue weighted by Gasteiger charge is -2.19. The number of furan rings is 1. The molecule has 38 heavy (non-hydrogen) atoms. The molecule has 0 radical (unpaired) electrons. The number of carbonyl (C=O) groups is 1. The number of nitrogens with zero attached hydrogens (tertiary/aromatic N) is 4. The topological polar surface area (TPSA) is 80.7 Å². The second kappa shape index (κ2) is 9.59. The van der Waals surface area contributed by atoms with Crippen molar-refractivity contribution >= 4 is 39.7 Å². The molecule has 0 aliphatic carbocycles. The van der Waals surface area contributed by atoms with Crippen LogP contribution in [0.4, 0.5) is 0 Å². The molecule has 1 amide bonds. The summed E-state index contributed by atoms with van der Waals surface area (Å²) in [5, 5.41) is 7.50. The number of hydrogen-bond donors (Lipinski definition) is 0. The highest BCUT2D eigenvalue weighted by Gasteiger charge is 2.34. The second-order valence-electron chi connectivity index (χ2n) is 9.37. The second-order valence-corrected chi connectivity index (χ2v) is 9.37. The first-order chi connectivity index (χ1) is 18.5. The Kier molecular flexibility index (Phi) is 5.96. The monoisotopic (exact) mass is 502 g/mol. The maximum absolute atomic E-state index is 13.9. The van der Waals surface area contributed by atoms with Gasteiger partial charge in [-0.2, -0.15) is 5.10 Å². The molecule has 3 aromatic heterocycles. The number of hydrogen-bond acceptors (Lipinski definition) is 5.